The van der Waals surface area contributed by atoms with E-state index >= 15 is 0 Å². The van der Waals surface area contributed by atoms with Crippen LogP contribution in [0.25, 0.3) is 0 Å². The Hall–Kier alpha value is -1.20. The number of nitrogens with one attached hydrogen (secondary N) is 1. The monoisotopic (exact) mass is 293 g/mol. The Morgan fingerprint density at radius 1 is 1.55 bits per heavy atom. The highest BCUT2D eigenvalue weighted by Crippen LogP contribution is 2.27. The van der Waals surface area contributed by atoms with Gasteiger partial charge in [-0.25, -0.2) is 0 Å². The van der Waals surface area contributed by atoms with Gasteiger partial charge in [0.25, 0.3) is 0 Å². The summed E-state index contributed by atoms with van der Waals surface area (Å²) in [4.78, 5) is 4.27. The summed E-state index contributed by atoms with van der Waals surface area (Å²) in [6.45, 7) is 4.68. The minimum absolute atomic E-state index is 0.358. The molecule has 1 saturated heterocycles. The van der Waals surface area contributed by atoms with Crippen molar-refractivity contribution in [1.29, 1.82) is 0 Å². The molecule has 1 aliphatic rings. The minimum Gasteiger partial charge on any atom is -0.387 e. The average molecular weight is 293 g/mol. The fourth-order valence-electron chi connectivity index (χ4n) is 2.12. The first-order chi connectivity index (χ1) is 9.48. The summed E-state index contributed by atoms with van der Waals surface area (Å²) in [6.07, 6.45) is 0.789. The van der Waals surface area contributed by atoms with E-state index < -0.39 is 5.60 Å². The SMILES string of the molecule is CC(C)c1cccc(NC(N)=NCC2(O)CCSC2)c1. The lowest BCUT2D eigenvalue weighted by Gasteiger charge is -2.18. The maximum atomic E-state index is 10.2. The molecule has 0 amide bonds. The maximum Gasteiger partial charge on any atom is 0.193 e. The van der Waals surface area contributed by atoms with Crippen LogP contribution >= 0.6 is 11.8 Å². The molecule has 2 rings (SSSR count). The number of anilines is 1. The van der Waals surface area contributed by atoms with Crippen LogP contribution in [0.4, 0.5) is 5.69 Å². The highest BCUT2D eigenvalue weighted by molar-refractivity contribution is 7.99. The van der Waals surface area contributed by atoms with Gasteiger partial charge in [0.2, 0.25) is 0 Å². The van der Waals surface area contributed by atoms with Crippen molar-refractivity contribution < 1.29 is 5.11 Å². The topological polar surface area (TPSA) is 70.6 Å². The largest absolute Gasteiger partial charge is 0.387 e. The molecule has 1 aromatic carbocycles. The molecular formula is C15H23N3OS. The fourth-order valence-corrected chi connectivity index (χ4v) is 3.40. The van der Waals surface area contributed by atoms with E-state index in [1.165, 1.54) is 5.56 Å². The summed E-state index contributed by atoms with van der Waals surface area (Å²) in [5.74, 6) is 2.57. The van der Waals surface area contributed by atoms with Crippen molar-refractivity contribution in [1.82, 2.24) is 0 Å². The molecule has 1 aliphatic heterocycles. The molecular weight excluding hydrogens is 270 g/mol. The second-order valence-electron chi connectivity index (χ2n) is 5.63. The lowest BCUT2D eigenvalue weighted by molar-refractivity contribution is 0.0780. The molecule has 5 heteroatoms. The zero-order valence-electron chi connectivity index (χ0n) is 12.1. The summed E-state index contributed by atoms with van der Waals surface area (Å²) in [7, 11) is 0. The van der Waals surface area contributed by atoms with E-state index in [9.17, 15) is 5.11 Å². The molecule has 4 nitrogen and oxygen atoms in total. The molecule has 0 bridgehead atoms. The highest BCUT2D eigenvalue weighted by atomic mass is 32.2. The Balaban J connectivity index is 1.96. The summed E-state index contributed by atoms with van der Waals surface area (Å²) in [5, 5.41) is 13.3. The van der Waals surface area contributed by atoms with Crippen LogP contribution in [0.2, 0.25) is 0 Å². The van der Waals surface area contributed by atoms with Crippen molar-refractivity contribution >= 4 is 23.4 Å². The summed E-state index contributed by atoms with van der Waals surface area (Å²) in [5.41, 5.74) is 7.40. The number of aliphatic imine (C=N–C) groups is 1. The van der Waals surface area contributed by atoms with Crippen molar-refractivity contribution in [2.24, 2.45) is 10.7 Å². The highest BCUT2D eigenvalue weighted by Gasteiger charge is 2.31. The van der Waals surface area contributed by atoms with Crippen LogP contribution in [0.3, 0.4) is 0 Å². The zero-order valence-corrected chi connectivity index (χ0v) is 12.9. The molecule has 4 N–H and O–H groups in total. The van der Waals surface area contributed by atoms with Crippen LogP contribution in [0.1, 0.15) is 31.7 Å². The van der Waals surface area contributed by atoms with E-state index in [1.54, 1.807) is 11.8 Å². The van der Waals surface area contributed by atoms with Crippen molar-refractivity contribution in [3.8, 4) is 0 Å². The first kappa shape index (κ1) is 15.2. The lowest BCUT2D eigenvalue weighted by atomic mass is 10.0. The Morgan fingerprint density at radius 3 is 3.00 bits per heavy atom. The summed E-state index contributed by atoms with van der Waals surface area (Å²) >= 11 is 1.76. The molecule has 1 aromatic rings. The minimum atomic E-state index is -0.684. The number of nitrogens with zero attached hydrogens (tertiary/aromatic N) is 1. The molecule has 1 fully saturated rings. The molecule has 1 heterocycles. The van der Waals surface area contributed by atoms with Crippen molar-refractivity contribution in [3.63, 3.8) is 0 Å². The molecule has 0 spiro atoms. The number of hydrogen-bond donors (Lipinski definition) is 3. The van der Waals surface area contributed by atoms with E-state index in [2.05, 4.69) is 36.3 Å². The molecule has 20 heavy (non-hydrogen) atoms. The average Bonchev–Trinajstić information content (AvgIpc) is 2.84. The zero-order chi connectivity index (χ0) is 14.6. The fraction of sp³-hybridized carbons (Fsp3) is 0.533. The number of hydrogen-bond acceptors (Lipinski definition) is 3. The summed E-state index contributed by atoms with van der Waals surface area (Å²) in [6, 6.07) is 8.15. The molecule has 110 valence electrons. The number of guanidine groups is 1. The van der Waals surface area contributed by atoms with Gasteiger partial charge in [-0.1, -0.05) is 26.0 Å². The molecule has 0 aliphatic carbocycles. The third kappa shape index (κ3) is 4.15. The normalized spacial score (nSPS) is 23.3. The predicted octanol–water partition coefficient (Wildman–Crippen LogP) is 2.40. The van der Waals surface area contributed by atoms with Crippen molar-refractivity contribution in [2.45, 2.75) is 31.8 Å². The van der Waals surface area contributed by atoms with E-state index in [1.807, 2.05) is 12.1 Å². The van der Waals surface area contributed by atoms with Crippen molar-refractivity contribution in [3.05, 3.63) is 29.8 Å². The molecule has 1 atom stereocenters. The first-order valence-electron chi connectivity index (χ1n) is 6.95. The summed E-state index contributed by atoms with van der Waals surface area (Å²) < 4.78 is 0. The van der Waals surface area contributed by atoms with E-state index in [0.29, 0.717) is 18.4 Å². The molecule has 0 saturated carbocycles. The molecule has 0 aromatic heterocycles. The van der Waals surface area contributed by atoms with Gasteiger partial charge in [-0.05, 0) is 35.8 Å². The Labute approximate surface area is 124 Å². The van der Waals surface area contributed by atoms with Crippen LogP contribution in [-0.2, 0) is 0 Å². The van der Waals surface area contributed by atoms with Crippen LogP contribution in [0, 0.1) is 0 Å². The van der Waals surface area contributed by atoms with E-state index in [-0.39, 0.29) is 0 Å². The van der Waals surface area contributed by atoms with Gasteiger partial charge in [-0.2, -0.15) is 11.8 Å². The van der Waals surface area contributed by atoms with Crippen LogP contribution in [0.5, 0.6) is 0 Å². The van der Waals surface area contributed by atoms with Gasteiger partial charge < -0.3 is 16.2 Å². The van der Waals surface area contributed by atoms with Gasteiger partial charge in [-0.3, -0.25) is 4.99 Å². The molecule has 0 radical (unpaired) electrons. The van der Waals surface area contributed by atoms with Gasteiger partial charge in [0.15, 0.2) is 5.96 Å². The van der Waals surface area contributed by atoms with E-state index in [0.717, 1.165) is 23.6 Å². The predicted molar refractivity (Wildman–Crippen MR) is 87.5 cm³/mol. The standard InChI is InChI=1S/C15H23N3OS/c1-11(2)12-4-3-5-13(8-12)18-14(16)17-9-15(19)6-7-20-10-15/h3-5,8,11,19H,6-7,9-10H2,1-2H3,(H3,16,17,18). The van der Waals surface area contributed by atoms with Gasteiger partial charge in [-0.15, -0.1) is 0 Å². The second kappa shape index (κ2) is 6.50. The number of aliphatic hydroxyl groups is 1. The van der Waals surface area contributed by atoms with E-state index in [4.69, 9.17) is 5.73 Å². The second-order valence-corrected chi connectivity index (χ2v) is 6.74. The third-order valence-electron chi connectivity index (χ3n) is 3.45. The first-order valence-corrected chi connectivity index (χ1v) is 8.11. The number of rotatable bonds is 4. The smallest absolute Gasteiger partial charge is 0.193 e. The third-order valence-corrected chi connectivity index (χ3v) is 4.69. The lowest BCUT2D eigenvalue weighted by Crippen LogP contribution is -2.34. The Morgan fingerprint density at radius 2 is 2.35 bits per heavy atom. The van der Waals surface area contributed by atoms with Gasteiger partial charge in [0.05, 0.1) is 12.1 Å². The van der Waals surface area contributed by atoms with Crippen molar-refractivity contribution in [2.75, 3.05) is 23.4 Å². The van der Waals surface area contributed by atoms with Gasteiger partial charge in [0.1, 0.15) is 0 Å². The Bertz CT molecular complexity index is 482. The van der Waals surface area contributed by atoms with Crippen LogP contribution in [-0.4, -0.2) is 34.7 Å². The number of nitrogens with two attached hydrogens (primary N) is 1. The molecule has 1 unspecified atom stereocenters. The van der Waals surface area contributed by atoms with Gasteiger partial charge in [0, 0.05) is 11.4 Å². The quantitative estimate of drug-likeness (QED) is 0.589. The van der Waals surface area contributed by atoms with Crippen LogP contribution in [0.15, 0.2) is 29.3 Å². The number of benzene rings is 1. The maximum absolute atomic E-state index is 10.2. The number of thioether (sulfide) groups is 1. The van der Waals surface area contributed by atoms with Gasteiger partial charge >= 0.3 is 0 Å². The van der Waals surface area contributed by atoms with Crippen LogP contribution < -0.4 is 11.1 Å². The Kier molecular flexibility index (Phi) is 4.94.